The number of methoxy groups -OCH3 is 1. The van der Waals surface area contributed by atoms with E-state index in [1.54, 1.807) is 33.3 Å². The van der Waals surface area contributed by atoms with E-state index in [-0.39, 0.29) is 11.2 Å². The van der Waals surface area contributed by atoms with Crippen molar-refractivity contribution in [2.75, 3.05) is 27.5 Å². The number of benzene rings is 1. The van der Waals surface area contributed by atoms with Crippen LogP contribution >= 0.6 is 19.9 Å². The van der Waals surface area contributed by atoms with Crippen LogP contribution in [0.5, 0.6) is 0 Å². The molecule has 0 N–H and O–H groups in total. The SMILES string of the molecule is COC(=O)C(C)c1ccccc1S(C)(Cl)C(=O)N(C)C. The van der Waals surface area contributed by atoms with E-state index in [1.807, 2.05) is 18.2 Å². The quantitative estimate of drug-likeness (QED) is 0.800. The highest BCUT2D eigenvalue weighted by Gasteiger charge is 2.33. The number of ether oxygens (including phenoxy) is 1. The van der Waals surface area contributed by atoms with Crippen LogP contribution in [-0.2, 0) is 9.53 Å². The fourth-order valence-corrected chi connectivity index (χ4v) is 4.66. The van der Waals surface area contributed by atoms with Crippen molar-refractivity contribution in [3.63, 3.8) is 0 Å². The lowest BCUT2D eigenvalue weighted by Gasteiger charge is -2.32. The Balaban J connectivity index is 3.33. The molecule has 2 unspecified atom stereocenters. The van der Waals surface area contributed by atoms with Gasteiger partial charge in [0.25, 0.3) is 5.24 Å². The first-order valence-electron chi connectivity index (χ1n) is 6.09. The number of hydrogen-bond donors (Lipinski definition) is 0. The van der Waals surface area contributed by atoms with Gasteiger partial charge in [-0.25, -0.2) is 0 Å². The van der Waals surface area contributed by atoms with Gasteiger partial charge in [0.2, 0.25) is 0 Å². The van der Waals surface area contributed by atoms with Crippen molar-refractivity contribution in [1.82, 2.24) is 4.90 Å². The van der Waals surface area contributed by atoms with Crippen molar-refractivity contribution in [3.8, 4) is 0 Å². The van der Waals surface area contributed by atoms with Crippen LogP contribution in [0.3, 0.4) is 0 Å². The molecule has 1 amide bonds. The second kappa shape index (κ2) is 6.50. The molecule has 112 valence electrons. The van der Waals surface area contributed by atoms with Gasteiger partial charge in [0, 0.05) is 19.0 Å². The molecule has 0 saturated carbocycles. The van der Waals surface area contributed by atoms with Crippen LogP contribution in [-0.4, -0.2) is 43.6 Å². The summed E-state index contributed by atoms with van der Waals surface area (Å²) >= 11 is 0. The van der Waals surface area contributed by atoms with Gasteiger partial charge >= 0.3 is 5.97 Å². The van der Waals surface area contributed by atoms with Gasteiger partial charge < -0.3 is 9.64 Å². The van der Waals surface area contributed by atoms with Crippen molar-refractivity contribution >= 4 is 31.1 Å². The van der Waals surface area contributed by atoms with Gasteiger partial charge in [0.1, 0.15) is 0 Å². The smallest absolute Gasteiger partial charge is 0.312 e. The Kier molecular flexibility index (Phi) is 5.48. The van der Waals surface area contributed by atoms with Crippen molar-refractivity contribution < 1.29 is 14.3 Å². The Morgan fingerprint density at radius 2 is 1.85 bits per heavy atom. The van der Waals surface area contributed by atoms with Gasteiger partial charge in [-0.05, 0) is 24.8 Å². The molecule has 0 aromatic heterocycles. The lowest BCUT2D eigenvalue weighted by molar-refractivity contribution is -0.142. The number of carbonyl (C=O) groups excluding carboxylic acids is 2. The molecule has 2 atom stereocenters. The van der Waals surface area contributed by atoms with Crippen LogP contribution in [0.4, 0.5) is 4.79 Å². The van der Waals surface area contributed by atoms with Gasteiger partial charge in [0.15, 0.2) is 0 Å². The molecule has 0 spiro atoms. The van der Waals surface area contributed by atoms with E-state index in [2.05, 4.69) is 0 Å². The molecule has 0 heterocycles. The zero-order valence-corrected chi connectivity index (χ0v) is 13.9. The zero-order valence-electron chi connectivity index (χ0n) is 12.3. The standard InChI is InChI=1S/C14H20ClNO3S/c1-10(13(17)19-4)11-8-6-7-9-12(11)20(5,15)14(18)16(2)3/h6-10H,1-5H3. The highest BCUT2D eigenvalue weighted by Crippen LogP contribution is 2.60. The number of amides is 1. The third-order valence-corrected chi connectivity index (χ3v) is 6.16. The third kappa shape index (κ3) is 3.27. The molecule has 0 radical (unpaired) electrons. The number of hydrogen-bond acceptors (Lipinski definition) is 3. The second-order valence-corrected chi connectivity index (χ2v) is 9.04. The highest BCUT2D eigenvalue weighted by molar-refractivity contribution is 8.60. The average molecular weight is 318 g/mol. The van der Waals surface area contributed by atoms with Gasteiger partial charge in [-0.2, -0.15) is 0 Å². The number of rotatable bonds is 3. The number of esters is 1. The van der Waals surface area contributed by atoms with E-state index in [1.165, 1.54) is 12.0 Å². The Morgan fingerprint density at radius 1 is 1.30 bits per heavy atom. The molecule has 1 aromatic carbocycles. The van der Waals surface area contributed by atoms with Crippen molar-refractivity contribution in [2.24, 2.45) is 0 Å². The fourth-order valence-electron chi connectivity index (χ4n) is 1.93. The zero-order chi connectivity index (χ0) is 15.5. The first kappa shape index (κ1) is 16.9. The molecule has 0 aliphatic carbocycles. The summed E-state index contributed by atoms with van der Waals surface area (Å²) in [5, 5.41) is -0.149. The Bertz CT molecular complexity index is 517. The summed E-state index contributed by atoms with van der Waals surface area (Å²) in [6, 6.07) is 7.26. The van der Waals surface area contributed by atoms with Crippen molar-refractivity contribution in [3.05, 3.63) is 29.8 Å². The third-order valence-electron chi connectivity index (χ3n) is 3.05. The first-order chi connectivity index (χ1) is 9.23. The molecule has 20 heavy (non-hydrogen) atoms. The van der Waals surface area contributed by atoms with E-state index in [0.717, 1.165) is 5.56 Å². The molecule has 1 aromatic rings. The Morgan fingerprint density at radius 3 is 2.35 bits per heavy atom. The van der Waals surface area contributed by atoms with Gasteiger partial charge in [-0.3, -0.25) is 9.59 Å². The molecule has 0 bridgehead atoms. The van der Waals surface area contributed by atoms with E-state index in [9.17, 15) is 9.59 Å². The van der Waals surface area contributed by atoms with Crippen LogP contribution in [0.2, 0.25) is 0 Å². The molecule has 1 rings (SSSR count). The van der Waals surface area contributed by atoms with E-state index in [0.29, 0.717) is 4.90 Å². The van der Waals surface area contributed by atoms with E-state index in [4.69, 9.17) is 15.4 Å². The lowest BCUT2D eigenvalue weighted by atomic mass is 10.0. The normalized spacial score (nSPS) is 16.7. The summed E-state index contributed by atoms with van der Waals surface area (Å²) in [5.41, 5.74) is 0.738. The van der Waals surface area contributed by atoms with Crippen LogP contribution in [0.15, 0.2) is 29.2 Å². The van der Waals surface area contributed by atoms with Gasteiger partial charge in [-0.15, -0.1) is 0 Å². The van der Waals surface area contributed by atoms with Crippen LogP contribution in [0.25, 0.3) is 0 Å². The second-order valence-electron chi connectivity index (χ2n) is 4.76. The summed E-state index contributed by atoms with van der Waals surface area (Å²) in [5.74, 6) is -0.807. The summed E-state index contributed by atoms with van der Waals surface area (Å²) in [6.07, 6.45) is 1.72. The lowest BCUT2D eigenvalue weighted by Crippen LogP contribution is -2.24. The van der Waals surface area contributed by atoms with Crippen molar-refractivity contribution in [1.29, 1.82) is 0 Å². The predicted molar refractivity (Wildman–Crippen MR) is 83.6 cm³/mol. The maximum atomic E-state index is 12.3. The first-order valence-corrected chi connectivity index (χ1v) is 8.96. The minimum absolute atomic E-state index is 0.149. The molecular formula is C14H20ClNO3S. The summed E-state index contributed by atoms with van der Waals surface area (Å²) in [7, 11) is 9.02. The maximum Gasteiger partial charge on any atom is 0.312 e. The minimum Gasteiger partial charge on any atom is -0.469 e. The fraction of sp³-hybridized carbons (Fsp3) is 0.429. The molecule has 0 aliphatic heterocycles. The minimum atomic E-state index is -2.20. The predicted octanol–water partition coefficient (Wildman–Crippen LogP) is 3.59. The topological polar surface area (TPSA) is 46.6 Å². The Hall–Kier alpha value is -1.20. The highest BCUT2D eigenvalue weighted by atomic mass is 35.7. The Labute approximate surface area is 125 Å². The summed E-state index contributed by atoms with van der Waals surface area (Å²) in [4.78, 5) is 26.2. The van der Waals surface area contributed by atoms with E-state index >= 15 is 0 Å². The molecule has 0 saturated heterocycles. The van der Waals surface area contributed by atoms with Crippen LogP contribution in [0, 0.1) is 0 Å². The van der Waals surface area contributed by atoms with E-state index < -0.39 is 15.2 Å². The largest absolute Gasteiger partial charge is 0.469 e. The maximum absolute atomic E-state index is 12.3. The summed E-state index contributed by atoms with van der Waals surface area (Å²) in [6.45, 7) is 1.75. The monoisotopic (exact) mass is 317 g/mol. The average Bonchev–Trinajstić information content (AvgIpc) is 2.44. The number of carbonyl (C=O) groups is 2. The van der Waals surface area contributed by atoms with Crippen LogP contribution in [0.1, 0.15) is 18.4 Å². The number of halogens is 1. The van der Waals surface area contributed by atoms with Crippen LogP contribution < -0.4 is 0 Å². The molecular weight excluding hydrogens is 298 g/mol. The molecule has 0 fully saturated rings. The summed E-state index contributed by atoms with van der Waals surface area (Å²) < 4.78 is 4.77. The molecule has 0 aliphatic rings. The van der Waals surface area contributed by atoms with Gasteiger partial charge in [0.05, 0.1) is 13.0 Å². The molecule has 6 heteroatoms. The van der Waals surface area contributed by atoms with Gasteiger partial charge in [-0.1, -0.05) is 38.1 Å². The molecule has 4 nitrogen and oxygen atoms in total. The number of nitrogens with zero attached hydrogens (tertiary/aromatic N) is 1. The van der Waals surface area contributed by atoms with Crippen molar-refractivity contribution in [2.45, 2.75) is 17.7 Å².